The number of thiophene rings is 1. The van der Waals surface area contributed by atoms with Gasteiger partial charge in [0.25, 0.3) is 5.91 Å². The van der Waals surface area contributed by atoms with Gasteiger partial charge in [0.15, 0.2) is 0 Å². The number of hydrogen-bond acceptors (Lipinski definition) is 2. The second-order valence-corrected chi connectivity index (χ2v) is 6.15. The van der Waals surface area contributed by atoms with E-state index in [4.69, 9.17) is 23.2 Å². The Morgan fingerprint density at radius 2 is 1.85 bits per heavy atom. The molecule has 1 heterocycles. The fraction of sp³-hybridized carbons (Fsp3) is 0. The summed E-state index contributed by atoms with van der Waals surface area (Å²) in [6.07, 6.45) is 0. The lowest BCUT2D eigenvalue weighted by Gasteiger charge is -2.05. The maximum Gasteiger partial charge on any atom is 0.265 e. The first-order valence-corrected chi connectivity index (χ1v) is 7.46. The summed E-state index contributed by atoms with van der Waals surface area (Å²) >= 11 is 13.3. The summed E-state index contributed by atoms with van der Waals surface area (Å²) in [5.41, 5.74) is 0.554. The predicted octanol–water partition coefficient (Wildman–Crippen LogP) is 5.46. The molecule has 0 saturated heterocycles. The Morgan fingerprint density at radius 1 is 1.05 bits per heavy atom. The van der Waals surface area contributed by atoms with Gasteiger partial charge >= 0.3 is 0 Å². The van der Waals surface area contributed by atoms with Gasteiger partial charge in [-0.1, -0.05) is 41.4 Å². The van der Waals surface area contributed by atoms with E-state index in [2.05, 4.69) is 5.32 Å². The van der Waals surface area contributed by atoms with Crippen molar-refractivity contribution in [2.75, 3.05) is 5.32 Å². The van der Waals surface area contributed by atoms with Crippen LogP contribution in [0.4, 0.5) is 5.69 Å². The van der Waals surface area contributed by atoms with Crippen LogP contribution in [0, 0.1) is 0 Å². The van der Waals surface area contributed by atoms with E-state index in [1.54, 1.807) is 18.2 Å². The molecule has 5 heteroatoms. The molecule has 0 radical (unpaired) electrons. The van der Waals surface area contributed by atoms with Crippen molar-refractivity contribution in [3.05, 3.63) is 63.5 Å². The minimum atomic E-state index is -0.171. The third kappa shape index (κ3) is 2.66. The van der Waals surface area contributed by atoms with Crippen molar-refractivity contribution in [1.82, 2.24) is 0 Å². The smallest absolute Gasteiger partial charge is 0.265 e. The van der Waals surface area contributed by atoms with Gasteiger partial charge in [-0.15, -0.1) is 11.3 Å². The van der Waals surface area contributed by atoms with Crippen molar-refractivity contribution >= 4 is 56.2 Å². The average Bonchev–Trinajstić information content (AvgIpc) is 2.86. The van der Waals surface area contributed by atoms with Gasteiger partial charge in [-0.2, -0.15) is 0 Å². The van der Waals surface area contributed by atoms with Crippen LogP contribution in [0.3, 0.4) is 0 Å². The molecular formula is C15H9Cl2NOS. The second-order valence-electron chi connectivity index (χ2n) is 4.23. The van der Waals surface area contributed by atoms with Crippen molar-refractivity contribution in [1.29, 1.82) is 0 Å². The van der Waals surface area contributed by atoms with Gasteiger partial charge in [0.05, 0.1) is 15.6 Å². The van der Waals surface area contributed by atoms with Gasteiger partial charge in [-0.3, -0.25) is 4.79 Å². The Balaban J connectivity index is 1.89. The normalized spacial score (nSPS) is 10.7. The first kappa shape index (κ1) is 13.4. The monoisotopic (exact) mass is 321 g/mol. The van der Waals surface area contributed by atoms with Gasteiger partial charge in [0.1, 0.15) is 0 Å². The number of anilines is 1. The molecule has 1 aromatic heterocycles. The molecule has 2 nitrogen and oxygen atoms in total. The molecule has 0 fully saturated rings. The Bertz CT molecular complexity index is 764. The van der Waals surface area contributed by atoms with E-state index in [1.807, 2.05) is 30.3 Å². The molecule has 0 aliphatic carbocycles. The molecule has 0 atom stereocenters. The van der Waals surface area contributed by atoms with E-state index in [0.717, 1.165) is 10.1 Å². The zero-order chi connectivity index (χ0) is 14.1. The van der Waals surface area contributed by atoms with Crippen LogP contribution >= 0.6 is 34.5 Å². The standard InChI is InChI=1S/C15H9Cl2NOS/c16-10-5-6-12(11(17)8-10)18-15(19)14-7-9-3-1-2-4-13(9)20-14/h1-8H,(H,18,19). The van der Waals surface area contributed by atoms with Gasteiger partial charge in [-0.25, -0.2) is 0 Å². The van der Waals surface area contributed by atoms with Crippen LogP contribution in [0.25, 0.3) is 10.1 Å². The summed E-state index contributed by atoms with van der Waals surface area (Å²) in [5.74, 6) is -0.171. The predicted molar refractivity (Wildman–Crippen MR) is 86.2 cm³/mol. The number of benzene rings is 2. The second kappa shape index (κ2) is 5.44. The maximum atomic E-state index is 12.2. The first-order valence-electron chi connectivity index (χ1n) is 5.88. The molecule has 3 rings (SSSR count). The summed E-state index contributed by atoms with van der Waals surface area (Å²) in [6, 6.07) is 14.7. The van der Waals surface area contributed by atoms with Crippen molar-refractivity contribution in [3.63, 3.8) is 0 Å². The molecule has 3 aromatic rings. The Labute approximate surface area is 129 Å². The number of halogens is 2. The number of hydrogen-bond donors (Lipinski definition) is 1. The van der Waals surface area contributed by atoms with Crippen LogP contribution in [-0.2, 0) is 0 Å². The number of rotatable bonds is 2. The van der Waals surface area contributed by atoms with Crippen molar-refractivity contribution < 1.29 is 4.79 Å². The summed E-state index contributed by atoms with van der Waals surface area (Å²) in [4.78, 5) is 12.9. The number of carbonyl (C=O) groups excluding carboxylic acids is 1. The molecule has 0 saturated carbocycles. The number of nitrogens with one attached hydrogen (secondary N) is 1. The van der Waals surface area contributed by atoms with Gasteiger partial charge in [-0.05, 0) is 35.7 Å². The average molecular weight is 322 g/mol. The topological polar surface area (TPSA) is 29.1 Å². The molecule has 0 unspecified atom stereocenters. The zero-order valence-electron chi connectivity index (χ0n) is 10.2. The molecule has 2 aromatic carbocycles. The number of fused-ring (bicyclic) bond motifs is 1. The first-order chi connectivity index (χ1) is 9.63. The van der Waals surface area contributed by atoms with Gasteiger partial charge in [0.2, 0.25) is 0 Å². The minimum Gasteiger partial charge on any atom is -0.320 e. The minimum absolute atomic E-state index is 0.171. The third-order valence-corrected chi connectivity index (χ3v) is 4.49. The molecular weight excluding hydrogens is 313 g/mol. The van der Waals surface area contributed by atoms with Gasteiger partial charge in [0, 0.05) is 9.72 Å². The lowest BCUT2D eigenvalue weighted by atomic mass is 10.2. The van der Waals surface area contributed by atoms with Crippen molar-refractivity contribution in [2.24, 2.45) is 0 Å². The van der Waals surface area contributed by atoms with E-state index >= 15 is 0 Å². The highest BCUT2D eigenvalue weighted by Crippen LogP contribution is 2.28. The fourth-order valence-electron chi connectivity index (χ4n) is 1.87. The molecule has 20 heavy (non-hydrogen) atoms. The van der Waals surface area contributed by atoms with E-state index in [1.165, 1.54) is 11.3 Å². The fourth-order valence-corrected chi connectivity index (χ4v) is 3.28. The highest BCUT2D eigenvalue weighted by molar-refractivity contribution is 7.20. The maximum absolute atomic E-state index is 12.2. The molecule has 0 bridgehead atoms. The molecule has 1 amide bonds. The Kier molecular flexibility index (Phi) is 3.66. The van der Waals surface area contributed by atoms with E-state index in [9.17, 15) is 4.79 Å². The summed E-state index contributed by atoms with van der Waals surface area (Å²) < 4.78 is 1.08. The van der Waals surface area contributed by atoms with Crippen molar-refractivity contribution in [2.45, 2.75) is 0 Å². The molecule has 0 aliphatic rings. The highest BCUT2D eigenvalue weighted by atomic mass is 35.5. The highest BCUT2D eigenvalue weighted by Gasteiger charge is 2.12. The Morgan fingerprint density at radius 3 is 2.60 bits per heavy atom. The lowest BCUT2D eigenvalue weighted by molar-refractivity contribution is 0.103. The summed E-state index contributed by atoms with van der Waals surface area (Å²) in [5, 5.41) is 4.82. The third-order valence-electron chi connectivity index (χ3n) is 2.83. The van der Waals surface area contributed by atoms with Crippen LogP contribution in [0.15, 0.2) is 48.5 Å². The largest absolute Gasteiger partial charge is 0.320 e. The summed E-state index contributed by atoms with van der Waals surface area (Å²) in [6.45, 7) is 0. The van der Waals surface area contributed by atoms with Crippen LogP contribution in [0.2, 0.25) is 10.0 Å². The van der Waals surface area contributed by atoms with Gasteiger partial charge < -0.3 is 5.32 Å². The summed E-state index contributed by atoms with van der Waals surface area (Å²) in [7, 11) is 0. The van der Waals surface area contributed by atoms with E-state index < -0.39 is 0 Å². The van der Waals surface area contributed by atoms with E-state index in [-0.39, 0.29) is 5.91 Å². The molecule has 0 spiro atoms. The van der Waals surface area contributed by atoms with E-state index in [0.29, 0.717) is 20.6 Å². The number of carbonyl (C=O) groups is 1. The van der Waals surface area contributed by atoms with Crippen molar-refractivity contribution in [3.8, 4) is 0 Å². The molecule has 100 valence electrons. The van der Waals surface area contributed by atoms with Crippen LogP contribution in [0.1, 0.15) is 9.67 Å². The van der Waals surface area contributed by atoms with Crippen LogP contribution < -0.4 is 5.32 Å². The van der Waals surface area contributed by atoms with Crippen LogP contribution in [-0.4, -0.2) is 5.91 Å². The van der Waals surface area contributed by atoms with Crippen LogP contribution in [0.5, 0.6) is 0 Å². The zero-order valence-corrected chi connectivity index (χ0v) is 12.5. The SMILES string of the molecule is O=C(Nc1ccc(Cl)cc1Cl)c1cc2ccccc2s1. The quantitative estimate of drug-likeness (QED) is 0.667. The lowest BCUT2D eigenvalue weighted by Crippen LogP contribution is -2.10. The number of amides is 1. The molecule has 1 N–H and O–H groups in total. The molecule has 0 aliphatic heterocycles. The Hall–Kier alpha value is -1.55.